The van der Waals surface area contributed by atoms with E-state index in [0.29, 0.717) is 11.6 Å². The third-order valence-electron chi connectivity index (χ3n) is 1.97. The van der Waals surface area contributed by atoms with Gasteiger partial charge in [-0.15, -0.1) is 0 Å². The number of rotatable bonds is 4. The van der Waals surface area contributed by atoms with Crippen LogP contribution < -0.4 is 69.3 Å². The minimum atomic E-state index is -1.46. The van der Waals surface area contributed by atoms with Crippen LogP contribution in [0.4, 0.5) is 0 Å². The Morgan fingerprint density at radius 3 is 2.32 bits per heavy atom. The maximum absolute atomic E-state index is 10.9. The topological polar surface area (TPSA) is 93.2 Å². The van der Waals surface area contributed by atoms with E-state index in [0.717, 1.165) is 0 Å². The molecule has 1 rings (SSSR count). The predicted octanol–water partition coefficient (Wildman–Crippen LogP) is -7.08. The molecule has 1 aromatic heterocycles. The van der Waals surface area contributed by atoms with Crippen molar-refractivity contribution in [3.05, 3.63) is 47.3 Å². The molecular formula is C12H9NNa2O4. The molecule has 0 atom stereocenters. The molecule has 7 heteroatoms. The summed E-state index contributed by atoms with van der Waals surface area (Å²) in [6.45, 7) is 1.35. The van der Waals surface area contributed by atoms with E-state index in [9.17, 15) is 19.8 Å². The summed E-state index contributed by atoms with van der Waals surface area (Å²) in [6.07, 6.45) is 4.99. The maximum Gasteiger partial charge on any atom is 1.00 e. The first-order chi connectivity index (χ1) is 8.00. The van der Waals surface area contributed by atoms with E-state index in [1.54, 1.807) is 18.3 Å². The van der Waals surface area contributed by atoms with Gasteiger partial charge in [-0.05, 0) is 36.3 Å². The fourth-order valence-corrected chi connectivity index (χ4v) is 1.22. The molecule has 1 heterocycles. The number of carbonyl (C=O) groups is 2. The van der Waals surface area contributed by atoms with Crippen molar-refractivity contribution in [1.29, 1.82) is 0 Å². The van der Waals surface area contributed by atoms with Crippen molar-refractivity contribution >= 4 is 18.0 Å². The Morgan fingerprint density at radius 1 is 1.26 bits per heavy atom. The van der Waals surface area contributed by atoms with Gasteiger partial charge < -0.3 is 19.8 Å². The molecule has 0 N–H and O–H groups in total. The van der Waals surface area contributed by atoms with Gasteiger partial charge in [-0.1, -0.05) is 6.07 Å². The Kier molecular flexibility index (Phi) is 11.4. The molecule has 0 bridgehead atoms. The van der Waals surface area contributed by atoms with Crippen molar-refractivity contribution in [2.75, 3.05) is 0 Å². The van der Waals surface area contributed by atoms with Gasteiger partial charge in [-0.3, -0.25) is 4.98 Å². The van der Waals surface area contributed by atoms with Crippen LogP contribution in [0.3, 0.4) is 0 Å². The maximum atomic E-state index is 10.9. The Labute approximate surface area is 155 Å². The quantitative estimate of drug-likeness (QED) is 0.310. The van der Waals surface area contributed by atoms with Crippen LogP contribution in [0.2, 0.25) is 0 Å². The van der Waals surface area contributed by atoms with Crippen molar-refractivity contribution in [3.63, 3.8) is 0 Å². The average Bonchev–Trinajstić information content (AvgIpc) is 2.25. The summed E-state index contributed by atoms with van der Waals surface area (Å²) in [7, 11) is 0. The van der Waals surface area contributed by atoms with Crippen LogP contribution in [0, 0.1) is 0 Å². The van der Waals surface area contributed by atoms with E-state index in [1.165, 1.54) is 19.2 Å². The van der Waals surface area contributed by atoms with Crippen LogP contribution in [-0.2, 0) is 9.59 Å². The molecule has 0 aromatic carbocycles. The summed E-state index contributed by atoms with van der Waals surface area (Å²) >= 11 is 0. The second-order valence-corrected chi connectivity index (χ2v) is 3.28. The van der Waals surface area contributed by atoms with E-state index in [2.05, 4.69) is 4.98 Å². The zero-order valence-corrected chi connectivity index (χ0v) is 15.0. The second kappa shape index (κ2) is 10.4. The standard InChI is InChI=1S/C12H11NO4.2Na/c1-8(5-11(14)15)10(12(16)17)6-9-3-2-4-13-7-9;;/h2-7H,1H3,(H,14,15)(H,16,17);;/q;2*+1/p-2. The van der Waals surface area contributed by atoms with Gasteiger partial charge >= 0.3 is 59.1 Å². The average molecular weight is 277 g/mol. The molecule has 0 saturated carbocycles. The largest absolute Gasteiger partial charge is 1.00 e. The number of pyridine rings is 1. The monoisotopic (exact) mass is 277 g/mol. The molecule has 5 nitrogen and oxygen atoms in total. The number of carboxylic acid groups (broad SMARTS) is 2. The molecule has 0 aliphatic carbocycles. The molecule has 0 unspecified atom stereocenters. The van der Waals surface area contributed by atoms with Crippen molar-refractivity contribution < 1.29 is 78.9 Å². The summed E-state index contributed by atoms with van der Waals surface area (Å²) in [5.41, 5.74) is 0.369. The van der Waals surface area contributed by atoms with Gasteiger partial charge in [0.2, 0.25) is 0 Å². The molecule has 0 aliphatic rings. The molecule has 0 saturated heterocycles. The smallest absolute Gasteiger partial charge is 0.545 e. The van der Waals surface area contributed by atoms with Gasteiger partial charge in [0.1, 0.15) is 0 Å². The molecule has 19 heavy (non-hydrogen) atoms. The van der Waals surface area contributed by atoms with Crippen molar-refractivity contribution in [2.45, 2.75) is 6.92 Å². The van der Waals surface area contributed by atoms with Gasteiger partial charge in [0.15, 0.2) is 0 Å². The van der Waals surface area contributed by atoms with Crippen LogP contribution in [0.5, 0.6) is 0 Å². The molecule has 0 spiro atoms. The van der Waals surface area contributed by atoms with E-state index < -0.39 is 11.9 Å². The van der Waals surface area contributed by atoms with E-state index in [-0.39, 0.29) is 70.3 Å². The summed E-state index contributed by atoms with van der Waals surface area (Å²) in [4.78, 5) is 25.0. The SMILES string of the molecule is CC(=CC(=O)[O-])C(=Cc1cccnc1)C(=O)[O-].[Na+].[Na+]. The van der Waals surface area contributed by atoms with Gasteiger partial charge in [0.05, 0.1) is 11.9 Å². The fourth-order valence-electron chi connectivity index (χ4n) is 1.22. The van der Waals surface area contributed by atoms with Gasteiger partial charge in [-0.2, -0.15) is 0 Å². The fraction of sp³-hybridized carbons (Fsp3) is 0.0833. The Bertz CT molecular complexity index is 498. The molecule has 0 fully saturated rings. The minimum Gasteiger partial charge on any atom is -0.545 e. The zero-order chi connectivity index (χ0) is 12.8. The summed E-state index contributed by atoms with van der Waals surface area (Å²) < 4.78 is 0. The summed E-state index contributed by atoms with van der Waals surface area (Å²) in [6, 6.07) is 3.28. The minimum absolute atomic E-state index is 0. The first-order valence-electron chi connectivity index (χ1n) is 4.73. The molecule has 1 aromatic rings. The van der Waals surface area contributed by atoms with Gasteiger partial charge in [-0.25, -0.2) is 0 Å². The first-order valence-corrected chi connectivity index (χ1v) is 4.73. The van der Waals surface area contributed by atoms with E-state index >= 15 is 0 Å². The molecule has 88 valence electrons. The first kappa shape index (κ1) is 20.9. The molecule has 0 amide bonds. The second-order valence-electron chi connectivity index (χ2n) is 3.28. The number of hydrogen-bond donors (Lipinski definition) is 0. The Morgan fingerprint density at radius 2 is 1.89 bits per heavy atom. The number of carboxylic acids is 2. The summed E-state index contributed by atoms with van der Waals surface area (Å²) in [5.74, 6) is -2.91. The molecule has 0 radical (unpaired) electrons. The normalized spacial score (nSPS) is 11.0. The summed E-state index contributed by atoms with van der Waals surface area (Å²) in [5, 5.41) is 21.2. The van der Waals surface area contributed by atoms with E-state index in [1.807, 2.05) is 0 Å². The van der Waals surface area contributed by atoms with Gasteiger partial charge in [0, 0.05) is 18.0 Å². The van der Waals surface area contributed by atoms with Crippen molar-refractivity contribution in [2.24, 2.45) is 0 Å². The van der Waals surface area contributed by atoms with Crippen LogP contribution in [0.1, 0.15) is 12.5 Å². The number of aliphatic carboxylic acids is 2. The van der Waals surface area contributed by atoms with Crippen LogP contribution in [0.15, 0.2) is 41.7 Å². The van der Waals surface area contributed by atoms with Crippen molar-refractivity contribution in [1.82, 2.24) is 4.98 Å². The van der Waals surface area contributed by atoms with E-state index in [4.69, 9.17) is 0 Å². The number of carbonyl (C=O) groups excluding carboxylic acids is 2. The third-order valence-corrected chi connectivity index (χ3v) is 1.97. The number of aromatic nitrogens is 1. The Hall–Kier alpha value is -0.430. The number of nitrogens with zero attached hydrogens (tertiary/aromatic N) is 1. The predicted molar refractivity (Wildman–Crippen MR) is 56.0 cm³/mol. The van der Waals surface area contributed by atoms with Gasteiger partial charge in [0.25, 0.3) is 0 Å². The van der Waals surface area contributed by atoms with Crippen LogP contribution in [0.25, 0.3) is 6.08 Å². The number of hydrogen-bond acceptors (Lipinski definition) is 5. The molecular weight excluding hydrogens is 268 g/mol. The third kappa shape index (κ3) is 7.67. The zero-order valence-electron chi connectivity index (χ0n) is 11.0. The van der Waals surface area contributed by atoms with Crippen LogP contribution in [-0.4, -0.2) is 16.9 Å². The Balaban J connectivity index is 0. The molecule has 0 aliphatic heterocycles. The van der Waals surface area contributed by atoms with Crippen LogP contribution >= 0.6 is 0 Å². The van der Waals surface area contributed by atoms with Crippen molar-refractivity contribution in [3.8, 4) is 0 Å².